The molecular formula is C21H31Cl2N3O2. The van der Waals surface area contributed by atoms with Crippen LogP contribution in [0.1, 0.15) is 55.3 Å². The first kappa shape index (κ1) is 23.0. The van der Waals surface area contributed by atoms with E-state index in [0.717, 1.165) is 19.3 Å². The van der Waals surface area contributed by atoms with Gasteiger partial charge in [-0.15, -0.1) is 12.4 Å². The summed E-state index contributed by atoms with van der Waals surface area (Å²) in [4.78, 5) is 29.4. The zero-order valence-corrected chi connectivity index (χ0v) is 17.9. The van der Waals surface area contributed by atoms with Crippen molar-refractivity contribution in [3.8, 4) is 0 Å². The molecule has 1 aromatic rings. The van der Waals surface area contributed by atoms with Crippen LogP contribution in [0.5, 0.6) is 0 Å². The molecule has 5 nitrogen and oxygen atoms in total. The molecule has 0 bridgehead atoms. The SMILES string of the molecule is Cl.NCC1(CC(=O)N2CCCN(C(=O)c3ccc(Cl)cc3)CC2)CCCCC1. The molecule has 2 fully saturated rings. The highest BCUT2D eigenvalue weighted by Gasteiger charge is 2.35. The number of hydrogen-bond acceptors (Lipinski definition) is 3. The number of halogens is 2. The Morgan fingerprint density at radius 1 is 0.929 bits per heavy atom. The second kappa shape index (κ2) is 10.5. The molecule has 1 saturated carbocycles. The van der Waals surface area contributed by atoms with Crippen molar-refractivity contribution in [1.82, 2.24) is 9.80 Å². The third-order valence-corrected chi connectivity index (χ3v) is 6.35. The van der Waals surface area contributed by atoms with Crippen LogP contribution in [0, 0.1) is 5.41 Å². The third-order valence-electron chi connectivity index (χ3n) is 6.10. The molecule has 3 rings (SSSR count). The van der Waals surface area contributed by atoms with E-state index in [4.69, 9.17) is 17.3 Å². The van der Waals surface area contributed by atoms with Gasteiger partial charge in [-0.2, -0.15) is 0 Å². The number of benzene rings is 1. The van der Waals surface area contributed by atoms with Gasteiger partial charge < -0.3 is 15.5 Å². The number of hydrogen-bond donors (Lipinski definition) is 1. The van der Waals surface area contributed by atoms with Crippen LogP contribution in [0.4, 0.5) is 0 Å². The summed E-state index contributed by atoms with van der Waals surface area (Å²) in [7, 11) is 0. The molecule has 0 unspecified atom stereocenters. The predicted octanol–water partition coefficient (Wildman–Crippen LogP) is 3.74. The summed E-state index contributed by atoms with van der Waals surface area (Å²) in [6, 6.07) is 6.98. The van der Waals surface area contributed by atoms with E-state index < -0.39 is 0 Å². The van der Waals surface area contributed by atoms with Crippen molar-refractivity contribution in [2.75, 3.05) is 32.7 Å². The first-order valence-electron chi connectivity index (χ1n) is 10.1. The first-order chi connectivity index (χ1) is 13.0. The van der Waals surface area contributed by atoms with E-state index in [2.05, 4.69) is 0 Å². The van der Waals surface area contributed by atoms with E-state index in [1.807, 2.05) is 9.80 Å². The number of carbonyl (C=O) groups excluding carboxylic acids is 2. The first-order valence-corrected chi connectivity index (χ1v) is 10.4. The maximum absolute atomic E-state index is 12.9. The molecule has 1 aliphatic heterocycles. The van der Waals surface area contributed by atoms with Crippen LogP contribution in [0.25, 0.3) is 0 Å². The van der Waals surface area contributed by atoms with E-state index in [1.54, 1.807) is 24.3 Å². The topological polar surface area (TPSA) is 66.6 Å². The van der Waals surface area contributed by atoms with Crippen LogP contribution in [0.15, 0.2) is 24.3 Å². The molecule has 2 amide bonds. The molecule has 28 heavy (non-hydrogen) atoms. The van der Waals surface area contributed by atoms with Gasteiger partial charge in [0.25, 0.3) is 5.91 Å². The second-order valence-corrected chi connectivity index (χ2v) is 8.41. The minimum absolute atomic E-state index is 0. The highest BCUT2D eigenvalue weighted by atomic mass is 35.5. The zero-order chi connectivity index (χ0) is 19.3. The average Bonchev–Trinajstić information content (AvgIpc) is 2.95. The molecule has 1 aromatic carbocycles. The van der Waals surface area contributed by atoms with Crippen molar-refractivity contribution in [2.45, 2.75) is 44.9 Å². The van der Waals surface area contributed by atoms with Crippen LogP contribution < -0.4 is 5.73 Å². The summed E-state index contributed by atoms with van der Waals surface area (Å²) < 4.78 is 0. The highest BCUT2D eigenvalue weighted by Crippen LogP contribution is 2.38. The standard InChI is InChI=1S/C21H30ClN3O2.ClH/c22-18-7-5-17(6-8-18)20(27)25-12-4-11-24(13-14-25)19(26)15-21(16-23)9-2-1-3-10-21;/h5-8H,1-4,9-16,23H2;1H. The van der Waals surface area contributed by atoms with Gasteiger partial charge in [0.1, 0.15) is 0 Å². The van der Waals surface area contributed by atoms with Crippen LogP contribution in [-0.4, -0.2) is 54.3 Å². The molecule has 7 heteroatoms. The summed E-state index contributed by atoms with van der Waals surface area (Å²) in [5, 5.41) is 0.621. The van der Waals surface area contributed by atoms with Gasteiger partial charge in [-0.1, -0.05) is 30.9 Å². The molecule has 2 N–H and O–H groups in total. The second-order valence-electron chi connectivity index (χ2n) is 7.97. The lowest BCUT2D eigenvalue weighted by Crippen LogP contribution is -2.42. The van der Waals surface area contributed by atoms with E-state index in [9.17, 15) is 9.59 Å². The van der Waals surface area contributed by atoms with Gasteiger partial charge in [0.05, 0.1) is 0 Å². The Hall–Kier alpha value is -1.30. The van der Waals surface area contributed by atoms with Crippen molar-refractivity contribution in [3.63, 3.8) is 0 Å². The molecule has 0 radical (unpaired) electrons. The van der Waals surface area contributed by atoms with Gasteiger partial charge in [-0.25, -0.2) is 0 Å². The monoisotopic (exact) mass is 427 g/mol. The Labute approximate surface area is 179 Å². The Bertz CT molecular complexity index is 660. The molecule has 2 aliphatic rings. The molecule has 0 aromatic heterocycles. The van der Waals surface area contributed by atoms with Crippen LogP contribution in [0.2, 0.25) is 5.02 Å². The van der Waals surface area contributed by atoms with Gasteiger partial charge in [0, 0.05) is 43.2 Å². The molecule has 156 valence electrons. The van der Waals surface area contributed by atoms with Crippen molar-refractivity contribution < 1.29 is 9.59 Å². The summed E-state index contributed by atoms with van der Waals surface area (Å²) >= 11 is 5.91. The van der Waals surface area contributed by atoms with Crippen LogP contribution in [0.3, 0.4) is 0 Å². The zero-order valence-electron chi connectivity index (χ0n) is 16.4. The number of carbonyl (C=O) groups is 2. The Balaban J connectivity index is 0.00000280. The van der Waals surface area contributed by atoms with Crippen molar-refractivity contribution in [1.29, 1.82) is 0 Å². The van der Waals surface area contributed by atoms with E-state index in [-0.39, 0.29) is 29.6 Å². The molecule has 1 heterocycles. The molecule has 0 spiro atoms. The summed E-state index contributed by atoms with van der Waals surface area (Å²) in [6.07, 6.45) is 7.08. The largest absolute Gasteiger partial charge is 0.341 e. The van der Waals surface area contributed by atoms with Gasteiger partial charge >= 0.3 is 0 Å². The van der Waals surface area contributed by atoms with E-state index in [1.165, 1.54) is 19.3 Å². The van der Waals surface area contributed by atoms with E-state index >= 15 is 0 Å². The number of amides is 2. The Morgan fingerprint density at radius 3 is 2.18 bits per heavy atom. The molecule has 1 saturated heterocycles. The predicted molar refractivity (Wildman–Crippen MR) is 115 cm³/mol. The number of nitrogens with two attached hydrogens (primary N) is 1. The third kappa shape index (κ3) is 5.62. The normalized spacial score (nSPS) is 19.5. The van der Waals surface area contributed by atoms with Crippen LogP contribution in [-0.2, 0) is 4.79 Å². The van der Waals surface area contributed by atoms with Gasteiger partial charge in [0.15, 0.2) is 0 Å². The highest BCUT2D eigenvalue weighted by molar-refractivity contribution is 6.30. The fourth-order valence-corrected chi connectivity index (χ4v) is 4.46. The maximum Gasteiger partial charge on any atom is 0.253 e. The lowest BCUT2D eigenvalue weighted by molar-refractivity contribution is -0.134. The Kier molecular flexibility index (Phi) is 8.59. The van der Waals surface area contributed by atoms with Crippen molar-refractivity contribution in [3.05, 3.63) is 34.9 Å². The number of nitrogens with zero attached hydrogens (tertiary/aromatic N) is 2. The summed E-state index contributed by atoms with van der Waals surface area (Å²) in [5.41, 5.74) is 6.68. The lowest BCUT2D eigenvalue weighted by atomic mass is 9.71. The molecular weight excluding hydrogens is 397 g/mol. The minimum atomic E-state index is -0.0134. The summed E-state index contributed by atoms with van der Waals surface area (Å²) in [6.45, 7) is 3.15. The fourth-order valence-electron chi connectivity index (χ4n) is 4.33. The summed E-state index contributed by atoms with van der Waals surface area (Å²) in [5.74, 6) is 0.204. The minimum Gasteiger partial charge on any atom is -0.341 e. The lowest BCUT2D eigenvalue weighted by Gasteiger charge is -2.37. The van der Waals surface area contributed by atoms with Crippen molar-refractivity contribution in [2.24, 2.45) is 11.1 Å². The van der Waals surface area contributed by atoms with Gasteiger partial charge in [-0.05, 0) is 55.5 Å². The number of rotatable bonds is 4. The average molecular weight is 428 g/mol. The quantitative estimate of drug-likeness (QED) is 0.795. The van der Waals surface area contributed by atoms with Crippen LogP contribution >= 0.6 is 24.0 Å². The molecule has 0 atom stereocenters. The fraction of sp³-hybridized carbons (Fsp3) is 0.619. The Morgan fingerprint density at radius 2 is 1.54 bits per heavy atom. The molecule has 1 aliphatic carbocycles. The van der Waals surface area contributed by atoms with E-state index in [0.29, 0.717) is 49.7 Å². The van der Waals surface area contributed by atoms with Gasteiger partial charge in [-0.3, -0.25) is 9.59 Å². The van der Waals surface area contributed by atoms with Crippen molar-refractivity contribution >= 4 is 35.8 Å². The van der Waals surface area contributed by atoms with Gasteiger partial charge in [0.2, 0.25) is 5.91 Å². The smallest absolute Gasteiger partial charge is 0.253 e. The maximum atomic E-state index is 12.9.